The van der Waals surface area contributed by atoms with Gasteiger partial charge >= 0.3 is 5.97 Å². The van der Waals surface area contributed by atoms with Gasteiger partial charge in [-0.3, -0.25) is 4.79 Å². The summed E-state index contributed by atoms with van der Waals surface area (Å²) in [4.78, 5) is 10.9. The van der Waals surface area contributed by atoms with E-state index in [2.05, 4.69) is 24.3 Å². The van der Waals surface area contributed by atoms with Gasteiger partial charge in [-0.1, -0.05) is 36.8 Å². The molecule has 1 saturated carbocycles. The van der Waals surface area contributed by atoms with Crippen LogP contribution in [0.3, 0.4) is 0 Å². The van der Waals surface area contributed by atoms with E-state index < -0.39 is 0 Å². The molecule has 0 heterocycles. The Morgan fingerprint density at radius 3 is 2.50 bits per heavy atom. The van der Waals surface area contributed by atoms with Crippen LogP contribution < -0.4 is 0 Å². The second-order valence-corrected chi connectivity index (χ2v) is 4.80. The maximum absolute atomic E-state index is 10.9. The van der Waals surface area contributed by atoms with E-state index in [1.54, 1.807) is 0 Å². The van der Waals surface area contributed by atoms with Crippen LogP contribution >= 0.6 is 0 Å². The van der Waals surface area contributed by atoms with Gasteiger partial charge in [0.05, 0.1) is 6.61 Å². The van der Waals surface area contributed by atoms with Crippen LogP contribution in [0.4, 0.5) is 0 Å². The summed E-state index contributed by atoms with van der Waals surface area (Å²) < 4.78 is 5.18. The number of hydrogen-bond acceptors (Lipinski definition) is 2. The maximum Gasteiger partial charge on any atom is 0.302 e. The SMILES string of the molecule is CC(=O)OCC1(Cc2ccccc2)CCC1. The van der Waals surface area contributed by atoms with Gasteiger partial charge in [-0.2, -0.15) is 0 Å². The first kappa shape index (κ1) is 11.2. The van der Waals surface area contributed by atoms with E-state index >= 15 is 0 Å². The lowest BCUT2D eigenvalue weighted by Gasteiger charge is -2.41. The highest BCUT2D eigenvalue weighted by Crippen LogP contribution is 2.43. The predicted octanol–water partition coefficient (Wildman–Crippen LogP) is 2.96. The molecule has 0 aliphatic heterocycles. The molecule has 1 aromatic carbocycles. The zero-order chi connectivity index (χ0) is 11.4. The fourth-order valence-electron chi connectivity index (χ4n) is 2.33. The van der Waals surface area contributed by atoms with Crippen molar-refractivity contribution in [2.45, 2.75) is 32.6 Å². The Kier molecular flexibility index (Phi) is 3.28. The fraction of sp³-hybridized carbons (Fsp3) is 0.500. The van der Waals surface area contributed by atoms with E-state index in [1.807, 2.05) is 6.07 Å². The Morgan fingerprint density at radius 1 is 1.31 bits per heavy atom. The topological polar surface area (TPSA) is 26.3 Å². The molecule has 0 spiro atoms. The molecule has 1 aromatic rings. The number of rotatable bonds is 4. The highest BCUT2D eigenvalue weighted by molar-refractivity contribution is 5.65. The lowest BCUT2D eigenvalue weighted by atomic mass is 9.66. The van der Waals surface area contributed by atoms with Crippen molar-refractivity contribution in [1.29, 1.82) is 0 Å². The van der Waals surface area contributed by atoms with Gasteiger partial charge in [0.15, 0.2) is 0 Å². The number of ether oxygens (including phenoxy) is 1. The first-order valence-corrected chi connectivity index (χ1v) is 5.88. The highest BCUT2D eigenvalue weighted by Gasteiger charge is 2.38. The van der Waals surface area contributed by atoms with E-state index in [9.17, 15) is 4.79 Å². The second-order valence-electron chi connectivity index (χ2n) is 4.80. The summed E-state index contributed by atoms with van der Waals surface area (Å²) in [6, 6.07) is 10.5. The third-order valence-electron chi connectivity index (χ3n) is 3.42. The molecule has 0 saturated heterocycles. The minimum atomic E-state index is -0.167. The number of carbonyl (C=O) groups is 1. The van der Waals surface area contributed by atoms with Crippen LogP contribution in [0.15, 0.2) is 30.3 Å². The molecule has 2 heteroatoms. The van der Waals surface area contributed by atoms with E-state index in [1.165, 1.54) is 31.7 Å². The van der Waals surface area contributed by atoms with Crippen molar-refractivity contribution in [2.24, 2.45) is 5.41 Å². The number of carbonyl (C=O) groups excluding carboxylic acids is 1. The van der Waals surface area contributed by atoms with Gasteiger partial charge in [0, 0.05) is 12.3 Å². The summed E-state index contributed by atoms with van der Waals surface area (Å²) in [6.07, 6.45) is 4.64. The minimum absolute atomic E-state index is 0.167. The van der Waals surface area contributed by atoms with Gasteiger partial charge in [0.1, 0.15) is 0 Å². The van der Waals surface area contributed by atoms with Gasteiger partial charge in [0.2, 0.25) is 0 Å². The van der Waals surface area contributed by atoms with Crippen LogP contribution in [0, 0.1) is 5.41 Å². The summed E-state index contributed by atoms with van der Waals surface area (Å²) in [5, 5.41) is 0. The van der Waals surface area contributed by atoms with Crippen LogP contribution in [-0.2, 0) is 16.0 Å². The Labute approximate surface area is 96.6 Å². The van der Waals surface area contributed by atoms with Gasteiger partial charge in [-0.25, -0.2) is 0 Å². The molecule has 1 aliphatic rings. The van der Waals surface area contributed by atoms with Gasteiger partial charge < -0.3 is 4.74 Å². The van der Waals surface area contributed by atoms with Crippen molar-refractivity contribution in [3.63, 3.8) is 0 Å². The average Bonchev–Trinajstić information content (AvgIpc) is 2.23. The zero-order valence-electron chi connectivity index (χ0n) is 9.74. The first-order chi connectivity index (χ1) is 7.70. The second kappa shape index (κ2) is 4.69. The molecule has 1 fully saturated rings. The zero-order valence-corrected chi connectivity index (χ0v) is 9.74. The Morgan fingerprint density at radius 2 is 2.00 bits per heavy atom. The largest absolute Gasteiger partial charge is 0.465 e. The molecule has 0 N–H and O–H groups in total. The highest BCUT2D eigenvalue weighted by atomic mass is 16.5. The van der Waals surface area contributed by atoms with Gasteiger partial charge in [-0.05, 0) is 24.8 Å². The summed E-state index contributed by atoms with van der Waals surface area (Å²) in [6.45, 7) is 2.06. The lowest BCUT2D eigenvalue weighted by Crippen LogP contribution is -2.37. The lowest BCUT2D eigenvalue weighted by molar-refractivity contribution is -0.146. The number of benzene rings is 1. The third-order valence-corrected chi connectivity index (χ3v) is 3.42. The molecule has 2 rings (SSSR count). The molecule has 0 atom stereocenters. The molecule has 16 heavy (non-hydrogen) atoms. The van der Waals surface area contributed by atoms with Gasteiger partial charge in [-0.15, -0.1) is 0 Å². The predicted molar refractivity (Wildman–Crippen MR) is 63.1 cm³/mol. The molecular weight excluding hydrogens is 200 g/mol. The van der Waals surface area contributed by atoms with Crippen molar-refractivity contribution >= 4 is 5.97 Å². The summed E-state index contributed by atoms with van der Waals surface area (Å²) in [5.74, 6) is -0.167. The monoisotopic (exact) mass is 218 g/mol. The third kappa shape index (κ3) is 2.63. The number of hydrogen-bond donors (Lipinski definition) is 0. The van der Waals surface area contributed by atoms with Crippen LogP contribution in [0.1, 0.15) is 31.7 Å². The number of esters is 1. The quantitative estimate of drug-likeness (QED) is 0.726. The van der Waals surface area contributed by atoms with E-state index in [4.69, 9.17) is 4.74 Å². The van der Waals surface area contributed by atoms with Crippen molar-refractivity contribution < 1.29 is 9.53 Å². The summed E-state index contributed by atoms with van der Waals surface area (Å²) >= 11 is 0. The Balaban J connectivity index is 1.97. The van der Waals surface area contributed by atoms with Crippen LogP contribution in [-0.4, -0.2) is 12.6 Å². The molecule has 0 bridgehead atoms. The van der Waals surface area contributed by atoms with Crippen molar-refractivity contribution in [1.82, 2.24) is 0 Å². The first-order valence-electron chi connectivity index (χ1n) is 5.88. The molecule has 0 amide bonds. The molecule has 1 aliphatic carbocycles. The Hall–Kier alpha value is -1.31. The van der Waals surface area contributed by atoms with E-state index in [0.29, 0.717) is 6.61 Å². The van der Waals surface area contributed by atoms with Crippen molar-refractivity contribution in [3.8, 4) is 0 Å². The average molecular weight is 218 g/mol. The standard InChI is InChI=1S/C14H18O2/c1-12(15)16-11-14(8-5-9-14)10-13-6-3-2-4-7-13/h2-4,6-7H,5,8-11H2,1H3. The Bertz CT molecular complexity index is 352. The summed E-state index contributed by atoms with van der Waals surface area (Å²) in [7, 11) is 0. The molecule has 86 valence electrons. The maximum atomic E-state index is 10.9. The fourth-order valence-corrected chi connectivity index (χ4v) is 2.33. The molecular formula is C14H18O2. The van der Waals surface area contributed by atoms with Crippen LogP contribution in [0.5, 0.6) is 0 Å². The summed E-state index contributed by atoms with van der Waals surface area (Å²) in [5.41, 5.74) is 1.56. The van der Waals surface area contributed by atoms with Crippen LogP contribution in [0.25, 0.3) is 0 Å². The molecule has 0 unspecified atom stereocenters. The molecule has 0 radical (unpaired) electrons. The van der Waals surface area contributed by atoms with Crippen molar-refractivity contribution in [2.75, 3.05) is 6.61 Å². The van der Waals surface area contributed by atoms with E-state index in [-0.39, 0.29) is 11.4 Å². The van der Waals surface area contributed by atoms with Crippen LogP contribution in [0.2, 0.25) is 0 Å². The van der Waals surface area contributed by atoms with Crippen molar-refractivity contribution in [3.05, 3.63) is 35.9 Å². The molecule has 2 nitrogen and oxygen atoms in total. The normalized spacial score (nSPS) is 17.6. The van der Waals surface area contributed by atoms with Gasteiger partial charge in [0.25, 0.3) is 0 Å². The minimum Gasteiger partial charge on any atom is -0.465 e. The molecule has 0 aromatic heterocycles. The van der Waals surface area contributed by atoms with E-state index in [0.717, 1.165) is 6.42 Å². The smallest absolute Gasteiger partial charge is 0.302 e.